The first kappa shape index (κ1) is 19.0. The van der Waals surface area contributed by atoms with Crippen LogP contribution in [0.2, 0.25) is 5.02 Å². The minimum absolute atomic E-state index is 0.0993. The zero-order valence-corrected chi connectivity index (χ0v) is 16.4. The molecule has 2 aromatic carbocycles. The predicted octanol–water partition coefficient (Wildman–Crippen LogP) is 3.96. The molecule has 1 fully saturated rings. The summed E-state index contributed by atoms with van der Waals surface area (Å²) in [6.07, 6.45) is 1.61. The van der Waals surface area contributed by atoms with Crippen molar-refractivity contribution in [3.05, 3.63) is 64.2 Å². The minimum atomic E-state index is -0.426. The standard InChI is InChI=1S/C21H22ClN3O2/c1-4-24(5-2)16-10-7-15(8-11-16)12-18-20(26)23-25(21(18)27)17-9-6-14(3)19(22)13-17/h6-13H,4-5H2,1-3H3,(H,23,26)/b18-12+. The number of carbonyl (C=O) groups is 2. The number of hydrogen-bond donors (Lipinski definition) is 1. The Bertz CT molecular complexity index is 902. The third kappa shape index (κ3) is 3.83. The molecule has 0 radical (unpaired) electrons. The summed E-state index contributed by atoms with van der Waals surface area (Å²) < 4.78 is 0. The van der Waals surface area contributed by atoms with Crippen LogP contribution in [0, 0.1) is 6.92 Å². The fourth-order valence-corrected chi connectivity index (χ4v) is 3.17. The SMILES string of the molecule is CCN(CC)c1ccc(/C=C2\C(=O)NN(c3ccc(C)c(Cl)c3)C2=O)cc1. The van der Waals surface area contributed by atoms with Gasteiger partial charge in [0.2, 0.25) is 0 Å². The van der Waals surface area contributed by atoms with Gasteiger partial charge >= 0.3 is 0 Å². The van der Waals surface area contributed by atoms with Crippen molar-refractivity contribution in [3.8, 4) is 0 Å². The Kier molecular flexibility index (Phi) is 5.51. The fraction of sp³-hybridized carbons (Fsp3) is 0.238. The Hall–Kier alpha value is -2.79. The van der Waals surface area contributed by atoms with Gasteiger partial charge in [-0.25, -0.2) is 5.01 Å². The van der Waals surface area contributed by atoms with Gasteiger partial charge in [-0.1, -0.05) is 29.8 Å². The highest BCUT2D eigenvalue weighted by atomic mass is 35.5. The zero-order valence-electron chi connectivity index (χ0n) is 15.6. The highest BCUT2D eigenvalue weighted by molar-refractivity contribution is 6.33. The van der Waals surface area contributed by atoms with Crippen molar-refractivity contribution in [2.24, 2.45) is 0 Å². The number of nitrogens with one attached hydrogen (secondary N) is 1. The summed E-state index contributed by atoms with van der Waals surface area (Å²) in [6.45, 7) is 7.93. The van der Waals surface area contributed by atoms with E-state index in [1.165, 1.54) is 5.01 Å². The molecule has 0 bridgehead atoms. The molecular formula is C21H22ClN3O2. The zero-order chi connectivity index (χ0) is 19.6. The lowest BCUT2D eigenvalue weighted by Crippen LogP contribution is -2.35. The Labute approximate surface area is 164 Å². The largest absolute Gasteiger partial charge is 0.372 e. The summed E-state index contributed by atoms with van der Waals surface area (Å²) in [5.74, 6) is -0.822. The van der Waals surface area contributed by atoms with Crippen LogP contribution in [0.4, 0.5) is 11.4 Å². The van der Waals surface area contributed by atoms with E-state index in [1.54, 1.807) is 18.2 Å². The summed E-state index contributed by atoms with van der Waals surface area (Å²) >= 11 is 6.14. The Morgan fingerprint density at radius 3 is 2.33 bits per heavy atom. The number of amides is 2. The Morgan fingerprint density at radius 2 is 1.74 bits per heavy atom. The van der Waals surface area contributed by atoms with Gasteiger partial charge in [-0.05, 0) is 62.2 Å². The summed E-state index contributed by atoms with van der Waals surface area (Å²) in [5.41, 5.74) is 6.04. The highest BCUT2D eigenvalue weighted by Gasteiger charge is 2.34. The summed E-state index contributed by atoms with van der Waals surface area (Å²) in [6, 6.07) is 13.0. The van der Waals surface area contributed by atoms with Gasteiger partial charge in [0.05, 0.1) is 5.69 Å². The highest BCUT2D eigenvalue weighted by Crippen LogP contribution is 2.26. The van der Waals surface area contributed by atoms with Gasteiger partial charge in [-0.2, -0.15) is 0 Å². The smallest absolute Gasteiger partial charge is 0.282 e. The number of rotatable bonds is 5. The molecule has 0 unspecified atom stereocenters. The van der Waals surface area contributed by atoms with E-state index in [4.69, 9.17) is 11.6 Å². The van der Waals surface area contributed by atoms with E-state index in [1.807, 2.05) is 37.3 Å². The molecule has 1 N–H and O–H groups in total. The van der Waals surface area contributed by atoms with Gasteiger partial charge in [-0.3, -0.25) is 15.0 Å². The topological polar surface area (TPSA) is 52.7 Å². The molecule has 1 saturated heterocycles. The maximum atomic E-state index is 12.7. The second-order valence-corrected chi connectivity index (χ2v) is 6.74. The molecule has 2 amide bonds. The van der Waals surface area contributed by atoms with Gasteiger partial charge in [0.25, 0.3) is 11.8 Å². The number of hydrogen-bond acceptors (Lipinski definition) is 3. The lowest BCUT2D eigenvalue weighted by atomic mass is 10.1. The van der Waals surface area contributed by atoms with Crippen molar-refractivity contribution in [3.63, 3.8) is 0 Å². The maximum Gasteiger partial charge on any atom is 0.282 e. The van der Waals surface area contributed by atoms with Crippen molar-refractivity contribution in [1.29, 1.82) is 0 Å². The van der Waals surface area contributed by atoms with Crippen molar-refractivity contribution < 1.29 is 9.59 Å². The van der Waals surface area contributed by atoms with Crippen LogP contribution < -0.4 is 15.3 Å². The van der Waals surface area contributed by atoms with E-state index in [-0.39, 0.29) is 5.57 Å². The van der Waals surface area contributed by atoms with Gasteiger partial charge < -0.3 is 4.90 Å². The average Bonchev–Trinajstić information content (AvgIpc) is 2.94. The molecule has 0 spiro atoms. The van der Waals surface area contributed by atoms with Crippen molar-refractivity contribution in [2.45, 2.75) is 20.8 Å². The molecule has 1 aliphatic heterocycles. The number of benzene rings is 2. The molecule has 3 rings (SSSR count). The molecule has 1 heterocycles. The lowest BCUT2D eigenvalue weighted by Gasteiger charge is -2.20. The molecule has 1 aliphatic rings. The monoisotopic (exact) mass is 383 g/mol. The van der Waals surface area contributed by atoms with Gasteiger partial charge in [-0.15, -0.1) is 0 Å². The number of aryl methyl sites for hydroxylation is 1. The summed E-state index contributed by atoms with van der Waals surface area (Å²) in [5, 5.41) is 1.77. The van der Waals surface area contributed by atoms with Crippen LogP contribution in [-0.4, -0.2) is 24.9 Å². The number of anilines is 2. The molecule has 0 aliphatic carbocycles. The fourth-order valence-electron chi connectivity index (χ4n) is 3.00. The lowest BCUT2D eigenvalue weighted by molar-refractivity contribution is -0.117. The number of carbonyl (C=O) groups excluding carboxylic acids is 2. The predicted molar refractivity (Wildman–Crippen MR) is 110 cm³/mol. The minimum Gasteiger partial charge on any atom is -0.372 e. The molecule has 27 heavy (non-hydrogen) atoms. The number of halogens is 1. The Balaban J connectivity index is 1.85. The molecule has 0 aromatic heterocycles. The van der Waals surface area contributed by atoms with Crippen LogP contribution in [0.1, 0.15) is 25.0 Å². The van der Waals surface area contributed by atoms with E-state index >= 15 is 0 Å². The number of hydrazine groups is 1. The van der Waals surface area contributed by atoms with E-state index in [0.29, 0.717) is 10.7 Å². The first-order valence-corrected chi connectivity index (χ1v) is 9.30. The van der Waals surface area contributed by atoms with Gasteiger partial charge in [0.15, 0.2) is 0 Å². The van der Waals surface area contributed by atoms with E-state index < -0.39 is 11.8 Å². The van der Waals surface area contributed by atoms with E-state index in [0.717, 1.165) is 29.9 Å². The maximum absolute atomic E-state index is 12.7. The van der Waals surface area contributed by atoms with Crippen molar-refractivity contribution in [1.82, 2.24) is 5.43 Å². The second kappa shape index (κ2) is 7.84. The molecule has 0 saturated carbocycles. The molecule has 6 heteroatoms. The quantitative estimate of drug-likeness (QED) is 0.628. The molecular weight excluding hydrogens is 362 g/mol. The first-order chi connectivity index (χ1) is 12.9. The summed E-state index contributed by atoms with van der Waals surface area (Å²) in [4.78, 5) is 27.2. The van der Waals surface area contributed by atoms with Crippen LogP contribution in [0.15, 0.2) is 48.0 Å². The van der Waals surface area contributed by atoms with E-state index in [2.05, 4.69) is 24.2 Å². The average molecular weight is 384 g/mol. The summed E-state index contributed by atoms with van der Waals surface area (Å²) in [7, 11) is 0. The molecule has 2 aromatic rings. The third-order valence-corrected chi connectivity index (χ3v) is 5.04. The van der Waals surface area contributed by atoms with Crippen LogP contribution in [0.5, 0.6) is 0 Å². The second-order valence-electron chi connectivity index (χ2n) is 6.34. The van der Waals surface area contributed by atoms with Crippen LogP contribution >= 0.6 is 11.6 Å². The van der Waals surface area contributed by atoms with Gasteiger partial charge in [0.1, 0.15) is 5.57 Å². The molecule has 140 valence electrons. The van der Waals surface area contributed by atoms with Crippen molar-refractivity contribution >= 4 is 40.9 Å². The van der Waals surface area contributed by atoms with Crippen LogP contribution in [-0.2, 0) is 9.59 Å². The molecule has 0 atom stereocenters. The van der Waals surface area contributed by atoms with Gasteiger partial charge in [0, 0.05) is 23.8 Å². The van der Waals surface area contributed by atoms with Crippen molar-refractivity contribution in [2.75, 3.05) is 23.0 Å². The first-order valence-electron chi connectivity index (χ1n) is 8.93. The normalized spacial score (nSPS) is 15.4. The number of nitrogens with zero attached hydrogens (tertiary/aromatic N) is 2. The van der Waals surface area contributed by atoms with E-state index in [9.17, 15) is 9.59 Å². The molecule has 5 nitrogen and oxygen atoms in total. The Morgan fingerprint density at radius 1 is 1.07 bits per heavy atom. The van der Waals surface area contributed by atoms with Crippen LogP contribution in [0.3, 0.4) is 0 Å². The van der Waals surface area contributed by atoms with Crippen LogP contribution in [0.25, 0.3) is 6.08 Å². The third-order valence-electron chi connectivity index (χ3n) is 4.64.